The highest BCUT2D eigenvalue weighted by molar-refractivity contribution is 5.90. The second-order valence-corrected chi connectivity index (χ2v) is 4.78. The van der Waals surface area contributed by atoms with Gasteiger partial charge >= 0.3 is 0 Å². The Hall–Kier alpha value is -2.86. The highest BCUT2D eigenvalue weighted by Gasteiger charge is 2.15. The van der Waals surface area contributed by atoms with Gasteiger partial charge in [0.25, 0.3) is 0 Å². The molecule has 0 bridgehead atoms. The van der Waals surface area contributed by atoms with Crippen LogP contribution in [-0.4, -0.2) is 0 Å². The molecule has 0 amide bonds. The number of hydrogen-bond donors (Lipinski definition) is 0. The maximum atomic E-state index is 4.00. The van der Waals surface area contributed by atoms with Gasteiger partial charge in [0.15, 0.2) is 0 Å². The molecule has 0 saturated heterocycles. The molecule has 1 rings (SSSR count). The van der Waals surface area contributed by atoms with Crippen molar-refractivity contribution in [2.75, 3.05) is 0 Å². The van der Waals surface area contributed by atoms with Crippen molar-refractivity contribution >= 4 is 36.5 Å². The number of rotatable bonds is 8. The van der Waals surface area contributed by atoms with Gasteiger partial charge in [-0.1, -0.05) is 99.7 Å². The van der Waals surface area contributed by atoms with E-state index in [-0.39, 0.29) is 0 Å². The zero-order valence-electron chi connectivity index (χ0n) is 13.9. The largest absolute Gasteiger partial charge is 0.0991 e. The lowest BCUT2D eigenvalue weighted by molar-refractivity contribution is 1.48. The molecular formula is C23H24. The summed E-state index contributed by atoms with van der Waals surface area (Å²) < 4.78 is 0. The summed E-state index contributed by atoms with van der Waals surface area (Å²) >= 11 is 0. The zero-order chi connectivity index (χ0) is 17.2. The van der Waals surface area contributed by atoms with Crippen LogP contribution in [0.4, 0.5) is 0 Å². The van der Waals surface area contributed by atoms with Crippen LogP contribution in [0.15, 0.2) is 63.3 Å². The van der Waals surface area contributed by atoms with Crippen molar-refractivity contribution < 1.29 is 0 Å². The molecule has 0 aliphatic heterocycles. The van der Waals surface area contributed by atoms with E-state index >= 15 is 0 Å². The van der Waals surface area contributed by atoms with E-state index in [0.717, 1.165) is 33.4 Å². The Morgan fingerprint density at radius 1 is 0.522 bits per heavy atom. The average molecular weight is 300 g/mol. The predicted molar refractivity (Wildman–Crippen MR) is 110 cm³/mol. The van der Waals surface area contributed by atoms with Crippen LogP contribution in [0.1, 0.15) is 40.3 Å². The lowest BCUT2D eigenvalue weighted by Gasteiger charge is -2.18. The van der Waals surface area contributed by atoms with Gasteiger partial charge in [-0.25, -0.2) is 0 Å². The zero-order valence-corrected chi connectivity index (χ0v) is 13.9. The molecule has 23 heavy (non-hydrogen) atoms. The Morgan fingerprint density at radius 2 is 0.870 bits per heavy atom. The molecular weight excluding hydrogens is 276 g/mol. The summed E-state index contributed by atoms with van der Waals surface area (Å²) in [5.74, 6) is 0. The van der Waals surface area contributed by atoms with Gasteiger partial charge in [0.2, 0.25) is 0 Å². The third kappa shape index (κ3) is 3.87. The Morgan fingerprint density at radius 3 is 1.22 bits per heavy atom. The first-order chi connectivity index (χ1) is 11.2. The summed E-state index contributed by atoms with van der Waals surface area (Å²) in [5.41, 5.74) is 6.38. The second kappa shape index (κ2) is 9.22. The highest BCUT2D eigenvalue weighted by atomic mass is 14.2. The lowest BCUT2D eigenvalue weighted by atomic mass is 9.85. The molecule has 0 nitrogen and oxygen atoms in total. The summed E-state index contributed by atoms with van der Waals surface area (Å²) in [7, 11) is 0. The fourth-order valence-corrected chi connectivity index (χ4v) is 2.56. The summed E-state index contributed by atoms with van der Waals surface area (Å²) in [6.07, 6.45) is 21.1. The summed E-state index contributed by atoms with van der Waals surface area (Å²) in [6.45, 7) is 21.5. The van der Waals surface area contributed by atoms with Crippen LogP contribution < -0.4 is 0 Å². The minimum atomic E-state index is 1.04. The summed E-state index contributed by atoms with van der Waals surface area (Å²) in [4.78, 5) is 0. The number of allylic oxidation sites excluding steroid dienone is 5. The second-order valence-electron chi connectivity index (χ2n) is 4.78. The van der Waals surface area contributed by atoms with Gasteiger partial charge in [-0.15, -0.1) is 0 Å². The first-order valence-corrected chi connectivity index (χ1v) is 7.52. The van der Waals surface area contributed by atoms with Gasteiger partial charge in [-0.05, 0) is 40.3 Å². The fraction of sp³-hybridized carbons (Fsp3) is 0.0435. The molecule has 0 atom stereocenters. The summed E-state index contributed by atoms with van der Waals surface area (Å²) in [6, 6.07) is 0. The van der Waals surface area contributed by atoms with Crippen LogP contribution in [0, 0.1) is 0 Å². The van der Waals surface area contributed by atoms with Gasteiger partial charge in [0.05, 0.1) is 0 Å². The molecule has 0 aliphatic carbocycles. The molecule has 0 fully saturated rings. The maximum absolute atomic E-state index is 4.00. The van der Waals surface area contributed by atoms with Crippen LogP contribution in [0.25, 0.3) is 36.5 Å². The Balaban J connectivity index is 4.08. The Kier molecular flexibility index (Phi) is 7.29. The maximum Gasteiger partial charge on any atom is -0.00993 e. The van der Waals surface area contributed by atoms with Crippen molar-refractivity contribution in [2.45, 2.75) is 6.92 Å². The molecule has 0 aromatic heterocycles. The topological polar surface area (TPSA) is 0 Å². The van der Waals surface area contributed by atoms with E-state index in [1.54, 1.807) is 12.2 Å². The van der Waals surface area contributed by atoms with Gasteiger partial charge in [0, 0.05) is 0 Å². The van der Waals surface area contributed by atoms with Gasteiger partial charge in [0.1, 0.15) is 0 Å². The SMILES string of the molecule is C=C/C=C\c1c(C=C)c(C=C)c(/C=C\C)c(/C=C\C=C)c1C=C. The van der Waals surface area contributed by atoms with Crippen molar-refractivity contribution in [3.8, 4) is 0 Å². The van der Waals surface area contributed by atoms with Gasteiger partial charge in [-0.3, -0.25) is 0 Å². The molecule has 0 heterocycles. The van der Waals surface area contributed by atoms with Crippen LogP contribution in [0.3, 0.4) is 0 Å². The normalized spacial score (nSPS) is 11.2. The molecule has 0 aliphatic rings. The molecule has 0 unspecified atom stereocenters. The summed E-state index contributed by atoms with van der Waals surface area (Å²) in [5, 5.41) is 0. The van der Waals surface area contributed by atoms with E-state index in [1.807, 2.05) is 55.5 Å². The first-order valence-electron chi connectivity index (χ1n) is 7.52. The number of hydrogen-bond acceptors (Lipinski definition) is 0. The molecule has 116 valence electrons. The smallest absolute Gasteiger partial charge is 0.00993 e. The van der Waals surface area contributed by atoms with Crippen LogP contribution in [0.5, 0.6) is 0 Å². The predicted octanol–water partition coefficient (Wildman–Crippen LogP) is 7.05. The van der Waals surface area contributed by atoms with Crippen LogP contribution in [-0.2, 0) is 0 Å². The van der Waals surface area contributed by atoms with Gasteiger partial charge < -0.3 is 0 Å². The molecule has 1 aromatic carbocycles. The standard InChI is InChI=1S/C23H24/c1-7-13-16-22-19(11-5)18(10-4)21(15-9-3)23(17-14-8-2)20(22)12-6/h7-17H,1-2,4-6H2,3H3/b15-9-,16-13-,17-14-. The monoisotopic (exact) mass is 300 g/mol. The third-order valence-corrected chi connectivity index (χ3v) is 3.48. The minimum Gasteiger partial charge on any atom is -0.0991 e. The van der Waals surface area contributed by atoms with E-state index in [2.05, 4.69) is 39.0 Å². The third-order valence-electron chi connectivity index (χ3n) is 3.48. The van der Waals surface area contributed by atoms with Crippen molar-refractivity contribution in [2.24, 2.45) is 0 Å². The van der Waals surface area contributed by atoms with Crippen molar-refractivity contribution in [3.63, 3.8) is 0 Å². The lowest BCUT2D eigenvalue weighted by Crippen LogP contribution is -2.00. The van der Waals surface area contributed by atoms with Crippen molar-refractivity contribution in [1.29, 1.82) is 0 Å². The van der Waals surface area contributed by atoms with E-state index in [1.165, 1.54) is 0 Å². The van der Waals surface area contributed by atoms with E-state index < -0.39 is 0 Å². The Bertz CT molecular complexity index is 719. The molecule has 0 heteroatoms. The van der Waals surface area contributed by atoms with Crippen LogP contribution in [0.2, 0.25) is 0 Å². The minimum absolute atomic E-state index is 1.04. The number of benzene rings is 1. The van der Waals surface area contributed by atoms with Crippen LogP contribution >= 0.6 is 0 Å². The molecule has 0 spiro atoms. The van der Waals surface area contributed by atoms with E-state index in [9.17, 15) is 0 Å². The quantitative estimate of drug-likeness (QED) is 0.451. The molecule has 1 aromatic rings. The molecule has 0 radical (unpaired) electrons. The van der Waals surface area contributed by atoms with Crippen molar-refractivity contribution in [3.05, 3.63) is 96.7 Å². The van der Waals surface area contributed by atoms with Gasteiger partial charge in [-0.2, -0.15) is 0 Å². The fourth-order valence-electron chi connectivity index (χ4n) is 2.56. The van der Waals surface area contributed by atoms with E-state index in [0.29, 0.717) is 0 Å². The highest BCUT2D eigenvalue weighted by Crippen LogP contribution is 2.34. The van der Waals surface area contributed by atoms with E-state index in [4.69, 9.17) is 0 Å². The Labute approximate surface area is 140 Å². The first kappa shape index (κ1) is 18.2. The average Bonchev–Trinajstić information content (AvgIpc) is 2.57. The van der Waals surface area contributed by atoms with Crippen molar-refractivity contribution in [1.82, 2.24) is 0 Å². The molecule has 0 N–H and O–H groups in total. The molecule has 0 saturated carbocycles.